The van der Waals surface area contributed by atoms with Gasteiger partial charge >= 0.3 is 5.97 Å². The van der Waals surface area contributed by atoms with Gasteiger partial charge in [0.05, 0.1) is 12.3 Å². The maximum Gasteiger partial charge on any atom is 0.360 e. The molecule has 0 fully saturated rings. The Kier molecular flexibility index (Phi) is 3.76. The van der Waals surface area contributed by atoms with E-state index in [4.69, 9.17) is 16.3 Å². The van der Waals surface area contributed by atoms with Crippen molar-refractivity contribution in [3.05, 3.63) is 40.7 Å². The van der Waals surface area contributed by atoms with Gasteiger partial charge in [0.1, 0.15) is 0 Å². The molecule has 0 bridgehead atoms. The third kappa shape index (κ3) is 2.56. The molecule has 1 aromatic carbocycles. The highest BCUT2D eigenvalue weighted by Crippen LogP contribution is 2.23. The number of imidazole rings is 1. The molecule has 1 aromatic heterocycles. The fourth-order valence-electron chi connectivity index (χ4n) is 1.74. The number of rotatable bonds is 3. The lowest BCUT2D eigenvalue weighted by atomic mass is 10.2. The van der Waals surface area contributed by atoms with E-state index < -0.39 is 5.97 Å². The zero-order valence-corrected chi connectivity index (χ0v) is 11.3. The highest BCUT2D eigenvalue weighted by atomic mass is 35.5. The first-order valence-electron chi connectivity index (χ1n) is 5.76. The van der Waals surface area contributed by atoms with E-state index in [1.165, 1.54) is 0 Å². The third-order valence-corrected chi connectivity index (χ3v) is 2.85. The number of carbonyl (C=O) groups excluding carboxylic acids is 1. The number of carbonyl (C=O) groups is 1. The van der Waals surface area contributed by atoms with Gasteiger partial charge in [0, 0.05) is 10.6 Å². The van der Waals surface area contributed by atoms with Crippen LogP contribution in [0.15, 0.2) is 24.3 Å². The number of hydrogen-bond donors (Lipinski definition) is 1. The summed E-state index contributed by atoms with van der Waals surface area (Å²) in [5, 5.41) is 10.6. The van der Waals surface area contributed by atoms with Crippen molar-refractivity contribution in [1.29, 1.82) is 0 Å². The van der Waals surface area contributed by atoms with Gasteiger partial charge in [0.15, 0.2) is 11.5 Å². The molecule has 0 spiro atoms. The highest BCUT2D eigenvalue weighted by molar-refractivity contribution is 6.30. The largest absolute Gasteiger partial charge is 0.461 e. The smallest absolute Gasteiger partial charge is 0.360 e. The molecule has 0 saturated heterocycles. The lowest BCUT2D eigenvalue weighted by Gasteiger charge is -2.04. The van der Waals surface area contributed by atoms with Gasteiger partial charge < -0.3 is 9.94 Å². The first-order valence-corrected chi connectivity index (χ1v) is 6.14. The zero-order valence-electron chi connectivity index (χ0n) is 10.6. The molecular formula is C13H13ClN2O3. The van der Waals surface area contributed by atoms with Crippen LogP contribution in [0, 0.1) is 6.92 Å². The minimum Gasteiger partial charge on any atom is -0.461 e. The van der Waals surface area contributed by atoms with Crippen LogP contribution < -0.4 is 0 Å². The standard InChI is InChI=1S/C13H13ClN2O3/c1-3-19-13(17)11-8(2)15-12(16(11)18)9-4-6-10(14)7-5-9/h4-7,18H,3H2,1-2H3. The van der Waals surface area contributed by atoms with Crippen molar-refractivity contribution in [3.8, 4) is 11.4 Å². The summed E-state index contributed by atoms with van der Waals surface area (Å²) in [4.78, 5) is 15.9. The second kappa shape index (κ2) is 5.32. The summed E-state index contributed by atoms with van der Waals surface area (Å²) in [6.07, 6.45) is 0. The minimum atomic E-state index is -0.602. The van der Waals surface area contributed by atoms with Gasteiger partial charge in [-0.3, -0.25) is 0 Å². The van der Waals surface area contributed by atoms with Gasteiger partial charge in [-0.05, 0) is 38.1 Å². The van der Waals surface area contributed by atoms with Crippen molar-refractivity contribution < 1.29 is 14.7 Å². The molecule has 6 heteroatoms. The summed E-state index contributed by atoms with van der Waals surface area (Å²) in [5.41, 5.74) is 1.10. The number of hydrogen-bond acceptors (Lipinski definition) is 4. The fourth-order valence-corrected chi connectivity index (χ4v) is 1.86. The molecule has 100 valence electrons. The lowest BCUT2D eigenvalue weighted by molar-refractivity contribution is 0.0476. The molecule has 0 unspecified atom stereocenters. The Hall–Kier alpha value is -2.01. The van der Waals surface area contributed by atoms with Crippen LogP contribution in [-0.2, 0) is 4.74 Å². The average molecular weight is 281 g/mol. The molecule has 1 heterocycles. The zero-order chi connectivity index (χ0) is 14.0. The number of benzene rings is 1. The predicted octanol–water partition coefficient (Wildman–Crippen LogP) is 2.93. The van der Waals surface area contributed by atoms with Crippen molar-refractivity contribution in [2.24, 2.45) is 0 Å². The van der Waals surface area contributed by atoms with Crippen molar-refractivity contribution in [3.63, 3.8) is 0 Å². The molecule has 2 rings (SSSR count). The van der Waals surface area contributed by atoms with E-state index >= 15 is 0 Å². The Labute approximate surface area is 115 Å². The molecule has 0 atom stereocenters. The maximum atomic E-state index is 11.7. The van der Waals surface area contributed by atoms with Crippen LogP contribution in [0.2, 0.25) is 5.02 Å². The van der Waals surface area contributed by atoms with E-state index in [0.717, 1.165) is 4.73 Å². The van der Waals surface area contributed by atoms with Crippen molar-refractivity contribution in [2.75, 3.05) is 6.61 Å². The summed E-state index contributed by atoms with van der Waals surface area (Å²) >= 11 is 5.80. The Balaban J connectivity index is 2.46. The number of aryl methyl sites for hydroxylation is 1. The first-order chi connectivity index (χ1) is 9.04. The predicted molar refractivity (Wildman–Crippen MR) is 70.6 cm³/mol. The van der Waals surface area contributed by atoms with Crippen LogP contribution >= 0.6 is 11.6 Å². The van der Waals surface area contributed by atoms with Crippen LogP contribution in [0.4, 0.5) is 0 Å². The van der Waals surface area contributed by atoms with E-state index in [-0.39, 0.29) is 18.1 Å². The van der Waals surface area contributed by atoms with E-state index in [9.17, 15) is 10.0 Å². The molecule has 2 aromatic rings. The molecule has 0 aliphatic heterocycles. The highest BCUT2D eigenvalue weighted by Gasteiger charge is 2.22. The summed E-state index contributed by atoms with van der Waals surface area (Å²) in [6.45, 7) is 3.57. The molecule has 5 nitrogen and oxygen atoms in total. The first kappa shape index (κ1) is 13.4. The van der Waals surface area contributed by atoms with E-state index in [1.54, 1.807) is 38.1 Å². The van der Waals surface area contributed by atoms with Crippen molar-refractivity contribution in [2.45, 2.75) is 13.8 Å². The third-order valence-electron chi connectivity index (χ3n) is 2.60. The monoisotopic (exact) mass is 280 g/mol. The van der Waals surface area contributed by atoms with Crippen LogP contribution in [0.1, 0.15) is 23.1 Å². The minimum absolute atomic E-state index is 0.0341. The van der Waals surface area contributed by atoms with Gasteiger partial charge in [-0.1, -0.05) is 11.6 Å². The van der Waals surface area contributed by atoms with Gasteiger partial charge in [0.2, 0.25) is 0 Å². The number of nitrogens with zero attached hydrogens (tertiary/aromatic N) is 2. The number of aromatic nitrogens is 2. The second-order valence-corrected chi connectivity index (χ2v) is 4.35. The molecule has 0 amide bonds. The number of ether oxygens (including phenoxy) is 1. The lowest BCUT2D eigenvalue weighted by Crippen LogP contribution is -2.12. The van der Waals surface area contributed by atoms with Crippen LogP contribution in [0.3, 0.4) is 0 Å². The molecule has 0 radical (unpaired) electrons. The van der Waals surface area contributed by atoms with Crippen molar-refractivity contribution in [1.82, 2.24) is 9.71 Å². The molecule has 0 aliphatic carbocycles. The number of esters is 1. The maximum absolute atomic E-state index is 11.7. The molecular weight excluding hydrogens is 268 g/mol. The Morgan fingerprint density at radius 1 is 1.42 bits per heavy atom. The van der Waals surface area contributed by atoms with Gasteiger partial charge in [0.25, 0.3) is 0 Å². The van der Waals surface area contributed by atoms with Gasteiger partial charge in [-0.25, -0.2) is 9.78 Å². The molecule has 1 N–H and O–H groups in total. The van der Waals surface area contributed by atoms with E-state index in [1.807, 2.05) is 0 Å². The fraction of sp³-hybridized carbons (Fsp3) is 0.231. The van der Waals surface area contributed by atoms with Crippen LogP contribution in [0.5, 0.6) is 0 Å². The quantitative estimate of drug-likeness (QED) is 0.693. The van der Waals surface area contributed by atoms with Gasteiger partial charge in [-0.2, -0.15) is 4.73 Å². The summed E-state index contributed by atoms with van der Waals surface area (Å²) in [7, 11) is 0. The molecule has 0 saturated carbocycles. The van der Waals surface area contributed by atoms with Gasteiger partial charge in [-0.15, -0.1) is 0 Å². The second-order valence-electron chi connectivity index (χ2n) is 3.91. The van der Waals surface area contributed by atoms with Crippen LogP contribution in [0.25, 0.3) is 11.4 Å². The van der Waals surface area contributed by atoms with Crippen molar-refractivity contribution >= 4 is 17.6 Å². The topological polar surface area (TPSA) is 64.3 Å². The SMILES string of the molecule is CCOC(=O)c1c(C)nc(-c2ccc(Cl)cc2)n1O. The number of halogens is 1. The molecule has 19 heavy (non-hydrogen) atoms. The molecule has 0 aliphatic rings. The van der Waals surface area contributed by atoms with Crippen LogP contribution in [-0.4, -0.2) is 27.5 Å². The Morgan fingerprint density at radius 2 is 2.05 bits per heavy atom. The van der Waals surface area contributed by atoms with E-state index in [2.05, 4.69) is 4.98 Å². The summed E-state index contributed by atoms with van der Waals surface area (Å²) < 4.78 is 5.62. The average Bonchev–Trinajstić information content (AvgIpc) is 2.66. The summed E-state index contributed by atoms with van der Waals surface area (Å²) in [6, 6.07) is 6.80. The van der Waals surface area contributed by atoms with E-state index in [0.29, 0.717) is 16.3 Å². The Morgan fingerprint density at radius 3 is 2.63 bits per heavy atom. The Bertz CT molecular complexity index is 605. The summed E-state index contributed by atoms with van der Waals surface area (Å²) in [5.74, 6) is -0.326. The normalized spacial score (nSPS) is 10.5.